The maximum atomic E-state index is 11.4. The fourth-order valence-electron chi connectivity index (χ4n) is 1.20. The molecule has 0 atom stereocenters. The van der Waals surface area contributed by atoms with E-state index in [1.807, 2.05) is 11.8 Å². The van der Waals surface area contributed by atoms with Gasteiger partial charge in [-0.1, -0.05) is 0 Å². The zero-order valence-corrected chi connectivity index (χ0v) is 12.1. The molecule has 1 aliphatic rings. The summed E-state index contributed by atoms with van der Waals surface area (Å²) in [5, 5.41) is 3.23. The van der Waals surface area contributed by atoms with Gasteiger partial charge >= 0.3 is 0 Å². The Hall–Kier alpha value is 0.260. The van der Waals surface area contributed by atoms with Crippen LogP contribution in [0.15, 0.2) is 0 Å². The Bertz CT molecular complexity index is 308. The van der Waals surface area contributed by atoms with Crippen LogP contribution >= 0.6 is 11.8 Å². The molecular weight excluding hydrogens is 242 g/mol. The highest BCUT2D eigenvalue weighted by molar-refractivity contribution is 7.99. The van der Waals surface area contributed by atoms with Crippen LogP contribution in [0.5, 0.6) is 0 Å². The van der Waals surface area contributed by atoms with Crippen LogP contribution in [0.25, 0.3) is 0 Å². The predicted octanol–water partition coefficient (Wildman–Crippen LogP) is 1.54. The van der Waals surface area contributed by atoms with E-state index >= 15 is 0 Å². The summed E-state index contributed by atoms with van der Waals surface area (Å²) in [7, 11) is -2.97. The largest absolute Gasteiger partial charge is 0.314 e. The summed E-state index contributed by atoms with van der Waals surface area (Å²) < 4.78 is 22.2. The molecule has 1 saturated carbocycles. The van der Waals surface area contributed by atoms with E-state index in [-0.39, 0.29) is 0 Å². The molecule has 0 aromatic rings. The quantitative estimate of drug-likeness (QED) is 0.676. The zero-order chi connectivity index (χ0) is 12.2. The fourth-order valence-corrected chi connectivity index (χ4v) is 2.69. The maximum absolute atomic E-state index is 11.4. The Morgan fingerprint density at radius 1 is 1.38 bits per heavy atom. The number of thioether (sulfide) groups is 1. The van der Waals surface area contributed by atoms with Gasteiger partial charge in [-0.05, 0) is 38.4 Å². The second-order valence-corrected chi connectivity index (χ2v) is 9.03. The number of sulfone groups is 1. The van der Waals surface area contributed by atoms with E-state index in [9.17, 15) is 8.42 Å². The van der Waals surface area contributed by atoms with Crippen molar-refractivity contribution in [2.24, 2.45) is 5.92 Å². The van der Waals surface area contributed by atoms with Crippen LogP contribution in [-0.4, -0.2) is 44.0 Å². The molecule has 1 fully saturated rings. The van der Waals surface area contributed by atoms with Crippen molar-refractivity contribution in [1.82, 2.24) is 5.32 Å². The van der Waals surface area contributed by atoms with Gasteiger partial charge in [-0.2, -0.15) is 11.8 Å². The molecular formula is C11H23NO2S2. The molecule has 1 rings (SSSR count). The van der Waals surface area contributed by atoms with Gasteiger partial charge in [0.1, 0.15) is 0 Å². The Balaban J connectivity index is 2.05. The molecule has 0 aliphatic heterocycles. The summed E-state index contributed by atoms with van der Waals surface area (Å²) in [5.41, 5.74) is 0. The van der Waals surface area contributed by atoms with Crippen molar-refractivity contribution in [2.75, 3.05) is 30.9 Å². The van der Waals surface area contributed by atoms with Gasteiger partial charge in [0.15, 0.2) is 9.84 Å². The van der Waals surface area contributed by atoms with Gasteiger partial charge in [-0.15, -0.1) is 0 Å². The van der Waals surface area contributed by atoms with Crippen molar-refractivity contribution in [3.8, 4) is 0 Å². The smallest absolute Gasteiger partial charge is 0.153 e. The lowest BCUT2D eigenvalue weighted by molar-refractivity contribution is 0.528. The minimum absolute atomic E-state index is 0.538. The van der Waals surface area contributed by atoms with Crippen molar-refractivity contribution in [3.05, 3.63) is 0 Å². The first-order chi connectivity index (χ1) is 7.33. The van der Waals surface area contributed by atoms with Gasteiger partial charge in [0.05, 0.1) is 4.75 Å². The van der Waals surface area contributed by atoms with Crippen LogP contribution in [0.1, 0.15) is 26.7 Å². The van der Waals surface area contributed by atoms with Crippen molar-refractivity contribution in [2.45, 2.75) is 31.4 Å². The van der Waals surface area contributed by atoms with Crippen LogP contribution < -0.4 is 5.32 Å². The summed E-state index contributed by atoms with van der Waals surface area (Å²) in [6.45, 7) is 4.98. The standard InChI is InChI=1S/C11H23NO2S2/c1-11(2,16(3,13)14)9-12-6-7-15-8-10-4-5-10/h10,12H,4-9H2,1-3H3. The first-order valence-corrected chi connectivity index (χ1v) is 8.85. The topological polar surface area (TPSA) is 46.2 Å². The Morgan fingerprint density at radius 2 is 2.00 bits per heavy atom. The SMILES string of the molecule is CC(C)(CNCCSCC1CC1)S(C)(=O)=O. The van der Waals surface area contributed by atoms with E-state index in [2.05, 4.69) is 5.32 Å². The molecule has 0 amide bonds. The number of hydrogen-bond donors (Lipinski definition) is 1. The molecule has 1 N–H and O–H groups in total. The highest BCUT2D eigenvalue weighted by atomic mass is 32.2. The van der Waals surface area contributed by atoms with Crippen LogP contribution in [0, 0.1) is 5.92 Å². The molecule has 16 heavy (non-hydrogen) atoms. The van der Waals surface area contributed by atoms with E-state index in [4.69, 9.17) is 0 Å². The van der Waals surface area contributed by atoms with Crippen LogP contribution in [0.2, 0.25) is 0 Å². The summed E-state index contributed by atoms with van der Waals surface area (Å²) in [6.07, 6.45) is 4.11. The minimum Gasteiger partial charge on any atom is -0.314 e. The van der Waals surface area contributed by atoms with Crippen molar-refractivity contribution in [1.29, 1.82) is 0 Å². The predicted molar refractivity (Wildman–Crippen MR) is 71.8 cm³/mol. The molecule has 0 saturated heterocycles. The highest BCUT2D eigenvalue weighted by Crippen LogP contribution is 2.32. The fraction of sp³-hybridized carbons (Fsp3) is 1.00. The van der Waals surface area contributed by atoms with Gasteiger partial charge in [-0.25, -0.2) is 8.42 Å². The van der Waals surface area contributed by atoms with E-state index < -0.39 is 14.6 Å². The molecule has 0 heterocycles. The third kappa shape index (κ3) is 5.06. The number of hydrogen-bond acceptors (Lipinski definition) is 4. The molecule has 1 aliphatic carbocycles. The molecule has 0 aromatic heterocycles. The summed E-state index contributed by atoms with van der Waals surface area (Å²) in [6, 6.07) is 0. The zero-order valence-electron chi connectivity index (χ0n) is 10.5. The summed E-state index contributed by atoms with van der Waals surface area (Å²) in [4.78, 5) is 0. The third-order valence-electron chi connectivity index (χ3n) is 3.03. The van der Waals surface area contributed by atoms with E-state index in [0.717, 1.165) is 18.2 Å². The monoisotopic (exact) mass is 265 g/mol. The van der Waals surface area contributed by atoms with Gasteiger partial charge in [-0.3, -0.25) is 0 Å². The average molecular weight is 265 g/mol. The molecule has 0 aromatic carbocycles. The van der Waals surface area contributed by atoms with Crippen LogP contribution in [0.4, 0.5) is 0 Å². The molecule has 3 nitrogen and oxygen atoms in total. The van der Waals surface area contributed by atoms with Crippen molar-refractivity contribution >= 4 is 21.6 Å². The molecule has 5 heteroatoms. The molecule has 0 radical (unpaired) electrons. The second-order valence-electron chi connectivity index (χ2n) is 5.23. The van der Waals surface area contributed by atoms with Gasteiger partial charge in [0.2, 0.25) is 0 Å². The number of rotatable bonds is 8. The lowest BCUT2D eigenvalue weighted by atomic mass is 10.2. The lowest BCUT2D eigenvalue weighted by Crippen LogP contribution is -2.42. The van der Waals surface area contributed by atoms with Crippen LogP contribution in [-0.2, 0) is 9.84 Å². The first kappa shape index (κ1) is 14.3. The Kier molecular flexibility index (Phi) is 5.13. The maximum Gasteiger partial charge on any atom is 0.153 e. The second kappa shape index (κ2) is 5.74. The first-order valence-electron chi connectivity index (χ1n) is 5.81. The van der Waals surface area contributed by atoms with Crippen LogP contribution in [0.3, 0.4) is 0 Å². The van der Waals surface area contributed by atoms with E-state index in [1.54, 1.807) is 13.8 Å². The number of nitrogens with one attached hydrogen (secondary N) is 1. The molecule has 0 spiro atoms. The summed E-state index contributed by atoms with van der Waals surface area (Å²) >= 11 is 1.97. The molecule has 0 bridgehead atoms. The minimum atomic E-state index is -2.97. The Morgan fingerprint density at radius 3 is 2.50 bits per heavy atom. The third-order valence-corrected chi connectivity index (χ3v) is 6.38. The average Bonchev–Trinajstić information content (AvgIpc) is 2.92. The van der Waals surface area contributed by atoms with Crippen molar-refractivity contribution < 1.29 is 8.42 Å². The highest BCUT2D eigenvalue weighted by Gasteiger charge is 2.29. The van der Waals surface area contributed by atoms with Gasteiger partial charge in [0, 0.05) is 25.1 Å². The van der Waals surface area contributed by atoms with Gasteiger partial charge < -0.3 is 5.32 Å². The lowest BCUT2D eigenvalue weighted by Gasteiger charge is -2.22. The molecule has 0 unspecified atom stereocenters. The van der Waals surface area contributed by atoms with E-state index in [0.29, 0.717) is 6.54 Å². The molecule has 96 valence electrons. The Labute approximate surface area is 104 Å². The normalized spacial score (nSPS) is 17.7. The van der Waals surface area contributed by atoms with E-state index in [1.165, 1.54) is 24.9 Å². The van der Waals surface area contributed by atoms with Gasteiger partial charge in [0.25, 0.3) is 0 Å². The summed E-state index contributed by atoms with van der Waals surface area (Å²) in [5.74, 6) is 3.32. The van der Waals surface area contributed by atoms with Crippen molar-refractivity contribution in [3.63, 3.8) is 0 Å².